The average Bonchev–Trinajstić information content (AvgIpc) is 2.65. The van der Waals surface area contributed by atoms with E-state index in [1.54, 1.807) is 13.8 Å². The monoisotopic (exact) mass is 540 g/mol. The van der Waals surface area contributed by atoms with Gasteiger partial charge in [0.05, 0.1) is 0 Å². The summed E-state index contributed by atoms with van der Waals surface area (Å²) in [6.07, 6.45) is 11.5. The first-order valence-corrected chi connectivity index (χ1v) is 10.3. The number of carbonyl (C=O) groups excluding carboxylic acids is 2. The molecule has 4 N–H and O–H groups in total. The van der Waals surface area contributed by atoms with Crippen LogP contribution in [0.3, 0.4) is 0 Å². The first kappa shape index (κ1) is 44.3. The highest BCUT2D eigenvalue weighted by atomic mass is 79.9. The zero-order valence-corrected chi connectivity index (χ0v) is 24.2. The van der Waals surface area contributed by atoms with Crippen LogP contribution in [-0.2, 0) is 9.59 Å². The summed E-state index contributed by atoms with van der Waals surface area (Å²) in [5.74, 6) is -0.632. The van der Waals surface area contributed by atoms with Crippen LogP contribution >= 0.6 is 29.4 Å². The van der Waals surface area contributed by atoms with Crippen LogP contribution in [0.1, 0.15) is 53.4 Å². The van der Waals surface area contributed by atoms with Crippen LogP contribution in [0.2, 0.25) is 0 Å². The second-order valence-corrected chi connectivity index (χ2v) is 7.18. The van der Waals surface area contributed by atoms with Crippen LogP contribution < -0.4 is 11.5 Å². The number of hydrogen-bond donors (Lipinski definition) is 2. The van der Waals surface area contributed by atoms with Crippen molar-refractivity contribution in [1.82, 2.24) is 9.80 Å². The third-order valence-electron chi connectivity index (χ3n) is 3.24. The lowest BCUT2D eigenvalue weighted by molar-refractivity contribution is -0.115. The maximum Gasteiger partial charge on any atom is 0.244 e. The standard InChI is InChI=1S/2C7H13NO.2C5H11N.BrH.ClH/c2*1-3-4-5-6(2)7(8)9;2*1-4-5-6(2)3;;/h2*5H,3-4H2,1-2H3,(H2,8,9);2*4H,1,5H2,2-3H3;2*1H. The number of hydrogen-bond acceptors (Lipinski definition) is 4. The zero-order valence-electron chi connectivity index (χ0n) is 21.6. The number of likely N-dealkylation sites (N-methyl/N-ethyl adjacent to an activating group) is 2. The number of amides is 2. The van der Waals surface area contributed by atoms with Crippen LogP contribution in [-0.4, -0.2) is 62.9 Å². The number of rotatable bonds is 10. The number of primary amides is 2. The van der Waals surface area contributed by atoms with Gasteiger partial charge in [-0.2, -0.15) is 0 Å². The van der Waals surface area contributed by atoms with Gasteiger partial charge in [-0.15, -0.1) is 42.5 Å². The molecule has 0 rings (SSSR count). The number of unbranched alkanes of at least 4 members (excludes halogenated alkanes) is 2. The Morgan fingerprint density at radius 3 is 1.09 bits per heavy atom. The maximum atomic E-state index is 10.4. The first-order valence-electron chi connectivity index (χ1n) is 10.3. The predicted octanol–water partition coefficient (Wildman–Crippen LogP) is 4.90. The fraction of sp³-hybridized carbons (Fsp3) is 0.583. The van der Waals surface area contributed by atoms with E-state index in [1.165, 1.54) is 0 Å². The fourth-order valence-corrected chi connectivity index (χ4v) is 1.44. The molecule has 0 atom stereocenters. The molecule has 8 heteroatoms. The summed E-state index contributed by atoms with van der Waals surface area (Å²) in [7, 11) is 8.06. The minimum atomic E-state index is -0.316. The Bertz CT molecular complexity index is 474. The molecule has 0 heterocycles. The van der Waals surface area contributed by atoms with Crippen LogP contribution in [0.15, 0.2) is 48.6 Å². The van der Waals surface area contributed by atoms with Crippen molar-refractivity contribution in [1.29, 1.82) is 0 Å². The molecule has 0 bridgehead atoms. The highest BCUT2D eigenvalue weighted by molar-refractivity contribution is 8.93. The summed E-state index contributed by atoms with van der Waals surface area (Å²) in [6.45, 7) is 16.7. The lowest BCUT2D eigenvalue weighted by atomic mass is 10.2. The minimum absolute atomic E-state index is 0. The lowest BCUT2D eigenvalue weighted by Crippen LogP contribution is -2.11. The van der Waals surface area contributed by atoms with Crippen molar-refractivity contribution in [3.05, 3.63) is 48.6 Å². The Balaban J connectivity index is -0.0000000702. The van der Waals surface area contributed by atoms with E-state index in [1.807, 2.05) is 52.5 Å². The summed E-state index contributed by atoms with van der Waals surface area (Å²) in [5, 5.41) is 0. The van der Waals surface area contributed by atoms with Crippen molar-refractivity contribution in [3.63, 3.8) is 0 Å². The van der Waals surface area contributed by atoms with Crippen molar-refractivity contribution >= 4 is 41.2 Å². The summed E-state index contributed by atoms with van der Waals surface area (Å²) in [5.41, 5.74) is 11.3. The van der Waals surface area contributed by atoms with Crippen LogP contribution in [0.5, 0.6) is 0 Å². The van der Waals surface area contributed by atoms with Gasteiger partial charge in [0.15, 0.2) is 0 Å². The third kappa shape index (κ3) is 51.3. The number of carbonyl (C=O) groups is 2. The highest BCUT2D eigenvalue weighted by Gasteiger charge is 1.93. The van der Waals surface area contributed by atoms with Gasteiger partial charge in [-0.25, -0.2) is 0 Å². The van der Waals surface area contributed by atoms with Crippen LogP contribution in [0.4, 0.5) is 0 Å². The number of nitrogens with two attached hydrogens (primary N) is 2. The molecule has 0 spiro atoms. The zero-order chi connectivity index (χ0) is 24.5. The molecular formula is C24H50BrClN4O2. The highest BCUT2D eigenvalue weighted by Crippen LogP contribution is 1.96. The molecule has 0 aromatic heterocycles. The van der Waals surface area contributed by atoms with Crippen molar-refractivity contribution in [3.8, 4) is 0 Å². The Kier molecular flexibility index (Phi) is 47.4. The van der Waals surface area contributed by atoms with E-state index in [9.17, 15) is 9.59 Å². The van der Waals surface area contributed by atoms with Crippen molar-refractivity contribution < 1.29 is 9.59 Å². The molecule has 0 unspecified atom stereocenters. The molecule has 0 radical (unpaired) electrons. The second-order valence-electron chi connectivity index (χ2n) is 7.18. The van der Waals surface area contributed by atoms with Gasteiger partial charge in [0.1, 0.15) is 0 Å². The van der Waals surface area contributed by atoms with Crippen LogP contribution in [0, 0.1) is 0 Å². The van der Waals surface area contributed by atoms with Gasteiger partial charge >= 0.3 is 0 Å². The summed E-state index contributed by atoms with van der Waals surface area (Å²) < 4.78 is 0. The molecule has 0 aromatic rings. The fourth-order valence-electron chi connectivity index (χ4n) is 1.44. The van der Waals surface area contributed by atoms with E-state index >= 15 is 0 Å². The van der Waals surface area contributed by atoms with Gasteiger partial charge in [-0.3, -0.25) is 9.59 Å². The van der Waals surface area contributed by atoms with Gasteiger partial charge in [0.2, 0.25) is 11.8 Å². The van der Waals surface area contributed by atoms with Gasteiger partial charge in [0.25, 0.3) is 0 Å². The van der Waals surface area contributed by atoms with Crippen molar-refractivity contribution in [2.45, 2.75) is 53.4 Å². The molecule has 192 valence electrons. The molecule has 0 fully saturated rings. The maximum absolute atomic E-state index is 10.4. The molecule has 0 aliphatic heterocycles. The number of nitrogens with zero attached hydrogens (tertiary/aromatic N) is 2. The second kappa shape index (κ2) is 34.2. The molecule has 0 aliphatic rings. The van der Waals surface area contributed by atoms with Crippen molar-refractivity contribution in [2.24, 2.45) is 11.5 Å². The van der Waals surface area contributed by atoms with Gasteiger partial charge in [0, 0.05) is 24.2 Å². The average molecular weight is 542 g/mol. The SMILES string of the molecule is Br.C=CCN(C)C.C=CCN(C)C.CCCC=C(C)C(N)=O.CCCC=C(C)C(N)=O.Cl. The van der Waals surface area contributed by atoms with E-state index in [4.69, 9.17) is 11.5 Å². The molecule has 2 amide bonds. The van der Waals surface area contributed by atoms with Crippen LogP contribution in [0.25, 0.3) is 0 Å². The quantitative estimate of drug-likeness (QED) is 0.304. The predicted molar refractivity (Wildman–Crippen MR) is 151 cm³/mol. The number of halogens is 2. The first-order chi connectivity index (χ1) is 13.9. The van der Waals surface area contributed by atoms with Gasteiger partial charge in [-0.05, 0) is 54.9 Å². The van der Waals surface area contributed by atoms with E-state index in [0.717, 1.165) is 38.8 Å². The summed E-state index contributed by atoms with van der Waals surface area (Å²) in [6, 6.07) is 0. The summed E-state index contributed by atoms with van der Waals surface area (Å²) in [4.78, 5) is 24.8. The Labute approximate surface area is 215 Å². The third-order valence-corrected chi connectivity index (χ3v) is 3.24. The van der Waals surface area contributed by atoms with E-state index in [-0.39, 0.29) is 41.2 Å². The van der Waals surface area contributed by atoms with E-state index in [0.29, 0.717) is 11.1 Å². The smallest absolute Gasteiger partial charge is 0.244 e. The molecule has 0 aromatic carbocycles. The molecule has 0 saturated heterocycles. The Hall–Kier alpha value is -1.41. The molecule has 0 aliphatic carbocycles. The minimum Gasteiger partial charge on any atom is -0.366 e. The van der Waals surface area contributed by atoms with Gasteiger partial charge in [-0.1, -0.05) is 51.0 Å². The van der Waals surface area contributed by atoms with Crippen molar-refractivity contribution in [2.75, 3.05) is 41.3 Å². The topological polar surface area (TPSA) is 92.7 Å². The Morgan fingerprint density at radius 2 is 1.00 bits per heavy atom. The van der Waals surface area contributed by atoms with Gasteiger partial charge < -0.3 is 21.3 Å². The largest absolute Gasteiger partial charge is 0.366 e. The summed E-state index contributed by atoms with van der Waals surface area (Å²) >= 11 is 0. The molecular weight excluding hydrogens is 492 g/mol. The molecule has 0 saturated carbocycles. The molecule has 6 nitrogen and oxygen atoms in total. The lowest BCUT2D eigenvalue weighted by Gasteiger charge is -2.01. The molecule has 32 heavy (non-hydrogen) atoms. The Morgan fingerprint density at radius 1 is 0.750 bits per heavy atom. The number of allylic oxidation sites excluding steroid dienone is 2. The van der Waals surface area contributed by atoms with E-state index in [2.05, 4.69) is 36.8 Å². The van der Waals surface area contributed by atoms with E-state index < -0.39 is 0 Å². The normalized spacial score (nSPS) is 9.94.